The lowest BCUT2D eigenvalue weighted by atomic mass is 10.3. The lowest BCUT2D eigenvalue weighted by molar-refractivity contribution is 0.0690. The highest BCUT2D eigenvalue weighted by atomic mass is 35.5. The number of carboxylic acid groups (broad SMARTS) is 1. The van der Waals surface area contributed by atoms with Gasteiger partial charge >= 0.3 is 5.97 Å². The summed E-state index contributed by atoms with van der Waals surface area (Å²) in [7, 11) is 0. The predicted octanol–water partition coefficient (Wildman–Crippen LogP) is 2.62. The van der Waals surface area contributed by atoms with Gasteiger partial charge in [-0.2, -0.15) is 9.78 Å². The lowest BCUT2D eigenvalue weighted by Gasteiger charge is -2.08. The van der Waals surface area contributed by atoms with Crippen molar-refractivity contribution in [3.8, 4) is 11.6 Å². The normalized spacial score (nSPS) is 10.3. The SMILES string of the molecule is CCOc1cc(C(=O)O)nn1-c1ccccc1Cl. The van der Waals surface area contributed by atoms with E-state index in [1.807, 2.05) is 6.92 Å². The predicted molar refractivity (Wildman–Crippen MR) is 66.7 cm³/mol. The molecule has 0 aliphatic carbocycles. The largest absolute Gasteiger partial charge is 0.478 e. The van der Waals surface area contributed by atoms with E-state index in [2.05, 4.69) is 5.10 Å². The Hall–Kier alpha value is -2.01. The molecule has 1 N–H and O–H groups in total. The number of halogens is 1. The van der Waals surface area contributed by atoms with E-state index in [9.17, 15) is 4.79 Å². The third-order valence-electron chi connectivity index (χ3n) is 2.27. The minimum absolute atomic E-state index is 0.0848. The molecule has 0 radical (unpaired) electrons. The fraction of sp³-hybridized carbons (Fsp3) is 0.167. The summed E-state index contributed by atoms with van der Waals surface area (Å²) >= 11 is 6.06. The Morgan fingerprint density at radius 1 is 1.50 bits per heavy atom. The molecule has 0 aliphatic rings. The Morgan fingerprint density at radius 3 is 2.83 bits per heavy atom. The third kappa shape index (κ3) is 2.31. The summed E-state index contributed by atoms with van der Waals surface area (Å²) in [5.41, 5.74) is 0.494. The van der Waals surface area contributed by atoms with Crippen LogP contribution in [0.1, 0.15) is 17.4 Å². The summed E-state index contributed by atoms with van der Waals surface area (Å²) in [5.74, 6) is -0.759. The molecule has 18 heavy (non-hydrogen) atoms. The van der Waals surface area contributed by atoms with Gasteiger partial charge in [-0.3, -0.25) is 0 Å². The van der Waals surface area contributed by atoms with Gasteiger partial charge in [-0.1, -0.05) is 23.7 Å². The highest BCUT2D eigenvalue weighted by Crippen LogP contribution is 2.25. The molecule has 1 aromatic carbocycles. The smallest absolute Gasteiger partial charge is 0.356 e. The third-order valence-corrected chi connectivity index (χ3v) is 2.59. The molecular formula is C12H11ClN2O3. The van der Waals surface area contributed by atoms with E-state index in [0.717, 1.165) is 0 Å². The maximum absolute atomic E-state index is 10.9. The lowest BCUT2D eigenvalue weighted by Crippen LogP contribution is -2.04. The molecule has 2 aromatic rings. The van der Waals surface area contributed by atoms with E-state index in [1.165, 1.54) is 10.7 Å². The number of ether oxygens (including phenoxy) is 1. The second-order valence-corrected chi connectivity index (χ2v) is 3.88. The molecule has 0 unspecified atom stereocenters. The van der Waals surface area contributed by atoms with Crippen LogP contribution in [0.25, 0.3) is 5.69 Å². The van der Waals surface area contributed by atoms with Crippen molar-refractivity contribution in [1.29, 1.82) is 0 Å². The van der Waals surface area contributed by atoms with Crippen LogP contribution in [-0.4, -0.2) is 27.5 Å². The average molecular weight is 267 g/mol. The summed E-state index contributed by atoms with van der Waals surface area (Å²) in [6.45, 7) is 2.22. The number of aromatic nitrogens is 2. The highest BCUT2D eigenvalue weighted by molar-refractivity contribution is 6.32. The Morgan fingerprint density at radius 2 is 2.22 bits per heavy atom. The molecule has 0 aliphatic heterocycles. The van der Waals surface area contributed by atoms with Crippen LogP contribution in [0.15, 0.2) is 30.3 Å². The molecule has 0 bridgehead atoms. The Kier molecular flexibility index (Phi) is 3.53. The summed E-state index contributed by atoms with van der Waals surface area (Å²) in [4.78, 5) is 10.9. The van der Waals surface area contributed by atoms with Crippen LogP contribution in [-0.2, 0) is 0 Å². The first kappa shape index (κ1) is 12.4. The molecule has 0 atom stereocenters. The molecule has 1 heterocycles. The Labute approximate surface area is 109 Å². The molecule has 0 amide bonds. The summed E-state index contributed by atoms with van der Waals surface area (Å²) in [6.07, 6.45) is 0. The first-order valence-corrected chi connectivity index (χ1v) is 5.72. The van der Waals surface area contributed by atoms with Crippen LogP contribution in [0.5, 0.6) is 5.88 Å². The van der Waals surface area contributed by atoms with Gasteiger partial charge in [-0.15, -0.1) is 0 Å². The van der Waals surface area contributed by atoms with Crippen LogP contribution in [0, 0.1) is 0 Å². The molecule has 94 valence electrons. The minimum Gasteiger partial charge on any atom is -0.478 e. The van der Waals surface area contributed by atoms with Crippen LogP contribution in [0.4, 0.5) is 0 Å². The Bertz CT molecular complexity index is 580. The van der Waals surface area contributed by atoms with E-state index in [0.29, 0.717) is 23.2 Å². The fourth-order valence-electron chi connectivity index (χ4n) is 1.52. The molecule has 0 saturated carbocycles. The van der Waals surface area contributed by atoms with Gasteiger partial charge in [0.25, 0.3) is 0 Å². The first-order chi connectivity index (χ1) is 8.63. The van der Waals surface area contributed by atoms with Crippen molar-refractivity contribution in [2.45, 2.75) is 6.92 Å². The maximum Gasteiger partial charge on any atom is 0.356 e. The van der Waals surface area contributed by atoms with Gasteiger partial charge in [-0.05, 0) is 19.1 Å². The van der Waals surface area contributed by atoms with E-state index in [4.69, 9.17) is 21.4 Å². The Balaban J connectivity index is 2.55. The van der Waals surface area contributed by atoms with E-state index in [-0.39, 0.29) is 5.69 Å². The van der Waals surface area contributed by atoms with Crippen LogP contribution < -0.4 is 4.74 Å². The maximum atomic E-state index is 10.9. The van der Waals surface area contributed by atoms with Gasteiger partial charge in [0.15, 0.2) is 5.69 Å². The van der Waals surface area contributed by atoms with Gasteiger partial charge in [-0.25, -0.2) is 4.79 Å². The number of hydrogen-bond donors (Lipinski definition) is 1. The topological polar surface area (TPSA) is 64.3 Å². The van der Waals surface area contributed by atoms with Crippen molar-refractivity contribution in [3.63, 3.8) is 0 Å². The molecule has 0 fully saturated rings. The monoisotopic (exact) mass is 266 g/mol. The van der Waals surface area contributed by atoms with Gasteiger partial charge in [0.2, 0.25) is 5.88 Å². The van der Waals surface area contributed by atoms with Crippen molar-refractivity contribution < 1.29 is 14.6 Å². The zero-order valence-electron chi connectivity index (χ0n) is 9.63. The number of aromatic carboxylic acids is 1. The van der Waals surface area contributed by atoms with Crippen molar-refractivity contribution in [3.05, 3.63) is 41.0 Å². The number of hydrogen-bond acceptors (Lipinski definition) is 3. The number of carboxylic acids is 1. The average Bonchev–Trinajstić information content (AvgIpc) is 2.74. The van der Waals surface area contributed by atoms with Gasteiger partial charge in [0.05, 0.1) is 17.3 Å². The molecule has 1 aromatic heterocycles. The van der Waals surface area contributed by atoms with Crippen LogP contribution >= 0.6 is 11.6 Å². The standard InChI is InChI=1S/C12H11ClN2O3/c1-2-18-11-7-9(12(16)17)14-15(11)10-6-4-3-5-8(10)13/h3-7H,2H2,1H3,(H,16,17). The molecule has 0 saturated heterocycles. The van der Waals surface area contributed by atoms with Gasteiger partial charge in [0, 0.05) is 6.07 Å². The molecular weight excluding hydrogens is 256 g/mol. The van der Waals surface area contributed by atoms with Crippen LogP contribution in [0.3, 0.4) is 0 Å². The molecule has 5 nitrogen and oxygen atoms in total. The fourth-order valence-corrected chi connectivity index (χ4v) is 1.73. The van der Waals surface area contributed by atoms with Gasteiger partial charge < -0.3 is 9.84 Å². The van der Waals surface area contributed by atoms with E-state index >= 15 is 0 Å². The zero-order valence-corrected chi connectivity index (χ0v) is 10.4. The van der Waals surface area contributed by atoms with Gasteiger partial charge in [0.1, 0.15) is 0 Å². The zero-order chi connectivity index (χ0) is 13.1. The van der Waals surface area contributed by atoms with Crippen molar-refractivity contribution in [2.75, 3.05) is 6.61 Å². The number of nitrogens with zero attached hydrogens (tertiary/aromatic N) is 2. The summed E-state index contributed by atoms with van der Waals surface area (Å²) < 4.78 is 6.74. The molecule has 6 heteroatoms. The molecule has 2 rings (SSSR count). The van der Waals surface area contributed by atoms with Crippen molar-refractivity contribution >= 4 is 17.6 Å². The highest BCUT2D eigenvalue weighted by Gasteiger charge is 2.16. The minimum atomic E-state index is -1.11. The van der Waals surface area contributed by atoms with E-state index in [1.54, 1.807) is 24.3 Å². The summed E-state index contributed by atoms with van der Waals surface area (Å²) in [6, 6.07) is 8.39. The first-order valence-electron chi connectivity index (χ1n) is 5.34. The van der Waals surface area contributed by atoms with E-state index < -0.39 is 5.97 Å². The second kappa shape index (κ2) is 5.10. The van der Waals surface area contributed by atoms with Crippen LogP contribution in [0.2, 0.25) is 5.02 Å². The van der Waals surface area contributed by atoms with Crippen molar-refractivity contribution in [1.82, 2.24) is 9.78 Å². The number of carbonyl (C=O) groups is 1. The second-order valence-electron chi connectivity index (χ2n) is 3.47. The summed E-state index contributed by atoms with van der Waals surface area (Å²) in [5, 5.41) is 13.4. The van der Waals surface area contributed by atoms with Crippen molar-refractivity contribution in [2.24, 2.45) is 0 Å². The quantitative estimate of drug-likeness (QED) is 0.924. The number of rotatable bonds is 4. The number of benzene rings is 1. The molecule has 0 spiro atoms. The number of para-hydroxylation sites is 1.